The van der Waals surface area contributed by atoms with Crippen molar-refractivity contribution < 1.29 is 9.52 Å². The van der Waals surface area contributed by atoms with Gasteiger partial charge in [0.05, 0.1) is 12.8 Å². The zero-order valence-corrected chi connectivity index (χ0v) is 15.9. The Kier molecular flexibility index (Phi) is 7.78. The van der Waals surface area contributed by atoms with Gasteiger partial charge in [-0.15, -0.1) is 0 Å². The van der Waals surface area contributed by atoms with Crippen molar-refractivity contribution in [2.24, 2.45) is 10.9 Å². The first-order valence-electron chi connectivity index (χ1n) is 9.56. The highest BCUT2D eigenvalue weighted by Gasteiger charge is 2.26. The normalized spacial score (nSPS) is 19.6. The number of nitrogens with one attached hydrogen (secondary N) is 2. The van der Waals surface area contributed by atoms with E-state index >= 15 is 0 Å². The van der Waals surface area contributed by atoms with Crippen LogP contribution in [0.25, 0.3) is 0 Å². The summed E-state index contributed by atoms with van der Waals surface area (Å²) in [6.07, 6.45) is 5.27. The van der Waals surface area contributed by atoms with Gasteiger partial charge in [-0.3, -0.25) is 0 Å². The number of hydrogen-bond acceptors (Lipinski definition) is 4. The quantitative estimate of drug-likeness (QED) is 0.495. The fraction of sp³-hybridized carbons (Fsp3) is 0.737. The maximum absolute atomic E-state index is 10.5. The standard InChI is InChI=1S/C19H34N4O2/c1-4-10-23-11-8-16(9-12-23)14-21-18(20-5-2)22-15-19(3,24)17-7-6-13-25-17/h6-7,13,16,24H,4-5,8-12,14-15H2,1-3H3,(H2,20,21,22). The second-order valence-corrected chi connectivity index (χ2v) is 7.11. The van der Waals surface area contributed by atoms with Crippen molar-refractivity contribution >= 4 is 5.96 Å². The average Bonchev–Trinajstić information content (AvgIpc) is 3.14. The van der Waals surface area contributed by atoms with Gasteiger partial charge >= 0.3 is 0 Å². The number of nitrogens with zero attached hydrogens (tertiary/aromatic N) is 2. The van der Waals surface area contributed by atoms with Gasteiger partial charge in [-0.25, -0.2) is 4.99 Å². The van der Waals surface area contributed by atoms with E-state index in [1.165, 1.54) is 38.9 Å². The number of hydrogen-bond donors (Lipinski definition) is 3. The van der Waals surface area contributed by atoms with Crippen LogP contribution in [-0.2, 0) is 5.60 Å². The molecule has 0 radical (unpaired) electrons. The lowest BCUT2D eigenvalue weighted by atomic mass is 9.97. The molecule has 1 unspecified atom stereocenters. The fourth-order valence-corrected chi connectivity index (χ4v) is 3.21. The van der Waals surface area contributed by atoms with E-state index in [-0.39, 0.29) is 6.54 Å². The van der Waals surface area contributed by atoms with Crippen LogP contribution in [0.5, 0.6) is 0 Å². The third-order valence-corrected chi connectivity index (χ3v) is 4.75. The summed E-state index contributed by atoms with van der Waals surface area (Å²) >= 11 is 0. The van der Waals surface area contributed by atoms with Crippen molar-refractivity contribution in [3.8, 4) is 0 Å². The minimum atomic E-state index is -1.10. The number of furan rings is 1. The minimum absolute atomic E-state index is 0.255. The molecule has 6 heteroatoms. The second kappa shape index (κ2) is 9.82. The SMILES string of the molecule is CCCN1CCC(CNC(=NCC(C)(O)c2ccco2)NCC)CC1. The van der Waals surface area contributed by atoms with E-state index < -0.39 is 5.60 Å². The molecule has 0 bridgehead atoms. The Morgan fingerprint density at radius 1 is 1.36 bits per heavy atom. The Hall–Kier alpha value is -1.53. The zero-order valence-electron chi connectivity index (χ0n) is 15.9. The van der Waals surface area contributed by atoms with Gasteiger partial charge in [0.15, 0.2) is 5.96 Å². The Bertz CT molecular complexity index is 506. The lowest BCUT2D eigenvalue weighted by molar-refractivity contribution is 0.0437. The summed E-state index contributed by atoms with van der Waals surface area (Å²) in [5.74, 6) is 1.98. The predicted molar refractivity (Wildman–Crippen MR) is 102 cm³/mol. The molecule has 1 saturated heterocycles. The molecule has 0 amide bonds. The van der Waals surface area contributed by atoms with Crippen molar-refractivity contribution in [1.29, 1.82) is 0 Å². The molecule has 0 aromatic carbocycles. The van der Waals surface area contributed by atoms with Crippen LogP contribution in [0.2, 0.25) is 0 Å². The Balaban J connectivity index is 1.82. The van der Waals surface area contributed by atoms with Gasteiger partial charge in [-0.05, 0) is 70.8 Å². The van der Waals surface area contributed by atoms with Crippen molar-refractivity contribution in [2.45, 2.75) is 45.6 Å². The summed E-state index contributed by atoms with van der Waals surface area (Å²) in [4.78, 5) is 7.10. The molecule has 3 N–H and O–H groups in total. The van der Waals surface area contributed by atoms with Gasteiger partial charge in [-0.1, -0.05) is 6.92 Å². The van der Waals surface area contributed by atoms with Crippen LogP contribution < -0.4 is 10.6 Å². The van der Waals surface area contributed by atoms with Crippen LogP contribution in [0.4, 0.5) is 0 Å². The van der Waals surface area contributed by atoms with E-state index in [1.54, 1.807) is 25.3 Å². The number of guanidine groups is 1. The van der Waals surface area contributed by atoms with Crippen molar-refractivity contribution in [1.82, 2.24) is 15.5 Å². The first-order chi connectivity index (χ1) is 12.0. The number of rotatable bonds is 8. The van der Waals surface area contributed by atoms with Crippen LogP contribution in [0.3, 0.4) is 0 Å². The van der Waals surface area contributed by atoms with E-state index in [9.17, 15) is 5.11 Å². The van der Waals surface area contributed by atoms with Crippen molar-refractivity contribution in [3.63, 3.8) is 0 Å². The van der Waals surface area contributed by atoms with Crippen LogP contribution in [-0.4, -0.2) is 55.2 Å². The molecular weight excluding hydrogens is 316 g/mol. The molecule has 6 nitrogen and oxygen atoms in total. The second-order valence-electron chi connectivity index (χ2n) is 7.11. The molecule has 0 spiro atoms. The van der Waals surface area contributed by atoms with Gasteiger partial charge in [-0.2, -0.15) is 0 Å². The zero-order chi connectivity index (χ0) is 18.1. The van der Waals surface area contributed by atoms with Gasteiger partial charge < -0.3 is 25.1 Å². The summed E-state index contributed by atoms with van der Waals surface area (Å²) in [5.41, 5.74) is -1.10. The molecular formula is C19H34N4O2. The van der Waals surface area contributed by atoms with Gasteiger partial charge in [0.2, 0.25) is 0 Å². The summed E-state index contributed by atoms with van der Waals surface area (Å²) < 4.78 is 5.31. The molecule has 1 aromatic rings. The van der Waals surface area contributed by atoms with E-state index in [4.69, 9.17) is 4.42 Å². The van der Waals surface area contributed by atoms with Gasteiger partial charge in [0.1, 0.15) is 11.4 Å². The number of aliphatic imine (C=N–C) groups is 1. The first-order valence-corrected chi connectivity index (χ1v) is 9.56. The molecule has 1 aliphatic rings. The topological polar surface area (TPSA) is 73.0 Å². The monoisotopic (exact) mass is 350 g/mol. The highest BCUT2D eigenvalue weighted by atomic mass is 16.4. The van der Waals surface area contributed by atoms with Gasteiger partial charge in [0.25, 0.3) is 0 Å². The highest BCUT2D eigenvalue weighted by Crippen LogP contribution is 2.21. The molecule has 2 rings (SSSR count). The van der Waals surface area contributed by atoms with Crippen LogP contribution in [0.1, 0.15) is 45.8 Å². The van der Waals surface area contributed by atoms with E-state index in [0.29, 0.717) is 11.7 Å². The van der Waals surface area contributed by atoms with Gasteiger partial charge in [0, 0.05) is 13.1 Å². The maximum Gasteiger partial charge on any atom is 0.191 e. The Morgan fingerprint density at radius 2 is 2.12 bits per heavy atom. The molecule has 2 heterocycles. The third kappa shape index (κ3) is 6.36. The molecule has 25 heavy (non-hydrogen) atoms. The Labute approximate surface area is 151 Å². The summed E-state index contributed by atoms with van der Waals surface area (Å²) in [5, 5.41) is 17.2. The van der Waals surface area contributed by atoms with Crippen LogP contribution in [0, 0.1) is 5.92 Å². The molecule has 0 aliphatic carbocycles. The van der Waals surface area contributed by atoms with Crippen LogP contribution in [0.15, 0.2) is 27.8 Å². The molecule has 0 saturated carbocycles. The smallest absolute Gasteiger partial charge is 0.191 e. The van der Waals surface area contributed by atoms with Crippen LogP contribution >= 0.6 is 0 Å². The third-order valence-electron chi connectivity index (χ3n) is 4.75. The fourth-order valence-electron chi connectivity index (χ4n) is 3.21. The molecule has 1 atom stereocenters. The summed E-state index contributed by atoms with van der Waals surface area (Å²) in [6, 6.07) is 3.56. The van der Waals surface area contributed by atoms with E-state index in [1.807, 2.05) is 6.92 Å². The molecule has 1 aromatic heterocycles. The Morgan fingerprint density at radius 3 is 2.72 bits per heavy atom. The van der Waals surface area contributed by atoms with Crippen molar-refractivity contribution in [2.75, 3.05) is 39.3 Å². The molecule has 1 aliphatic heterocycles. The predicted octanol–water partition coefficient (Wildman–Crippen LogP) is 2.16. The minimum Gasteiger partial charge on any atom is -0.466 e. The molecule has 1 fully saturated rings. The summed E-state index contributed by atoms with van der Waals surface area (Å²) in [6.45, 7) is 11.6. The first kappa shape index (κ1) is 19.8. The number of piperidine rings is 1. The number of aliphatic hydroxyl groups is 1. The lowest BCUT2D eigenvalue weighted by Gasteiger charge is -2.32. The van der Waals surface area contributed by atoms with E-state index in [0.717, 1.165) is 19.0 Å². The maximum atomic E-state index is 10.5. The van der Waals surface area contributed by atoms with E-state index in [2.05, 4.69) is 27.4 Å². The number of likely N-dealkylation sites (tertiary alicyclic amines) is 1. The highest BCUT2D eigenvalue weighted by molar-refractivity contribution is 5.79. The molecule has 142 valence electrons. The van der Waals surface area contributed by atoms with Crippen molar-refractivity contribution in [3.05, 3.63) is 24.2 Å². The average molecular weight is 351 g/mol. The summed E-state index contributed by atoms with van der Waals surface area (Å²) in [7, 11) is 0. The largest absolute Gasteiger partial charge is 0.466 e. The lowest BCUT2D eigenvalue weighted by Crippen LogP contribution is -2.43.